The summed E-state index contributed by atoms with van der Waals surface area (Å²) >= 11 is 0. The molecule has 6 nitrogen and oxygen atoms in total. The number of carbonyl (C=O) groups excluding carboxylic acids is 2. The van der Waals surface area contributed by atoms with Crippen molar-refractivity contribution in [2.24, 2.45) is 0 Å². The minimum Gasteiger partial charge on any atom is -0.504 e. The summed E-state index contributed by atoms with van der Waals surface area (Å²) in [7, 11) is 2.76. The highest BCUT2D eigenvalue weighted by Crippen LogP contribution is 2.27. The third-order valence-corrected chi connectivity index (χ3v) is 2.87. The number of phenols is 1. The molecule has 0 aromatic heterocycles. The van der Waals surface area contributed by atoms with E-state index in [0.29, 0.717) is 5.75 Å². The molecule has 21 heavy (non-hydrogen) atoms. The summed E-state index contributed by atoms with van der Waals surface area (Å²) in [4.78, 5) is 22.7. The Labute approximate surface area is 121 Å². The molecule has 2 rings (SSSR count). The molecule has 0 saturated heterocycles. The first kappa shape index (κ1) is 14.6. The average molecular weight is 290 g/mol. The maximum Gasteiger partial charge on any atom is 0.383 e. The second-order valence-corrected chi connectivity index (χ2v) is 4.22. The Bertz CT molecular complexity index is 629. The number of benzene rings is 1. The molecule has 1 aromatic rings. The molecule has 0 radical (unpaired) electrons. The zero-order chi connectivity index (χ0) is 15.4. The van der Waals surface area contributed by atoms with Gasteiger partial charge in [0.2, 0.25) is 0 Å². The van der Waals surface area contributed by atoms with Crippen molar-refractivity contribution in [2.45, 2.75) is 6.10 Å². The quantitative estimate of drug-likeness (QED) is 0.667. The van der Waals surface area contributed by atoms with E-state index in [1.807, 2.05) is 0 Å². The van der Waals surface area contributed by atoms with Crippen molar-refractivity contribution in [3.05, 3.63) is 41.7 Å². The average Bonchev–Trinajstić information content (AvgIpc) is 2.49. The molecular weight excluding hydrogens is 276 g/mol. The molecule has 1 unspecified atom stereocenters. The van der Waals surface area contributed by atoms with Crippen LogP contribution in [0.15, 0.2) is 36.1 Å². The van der Waals surface area contributed by atoms with Crippen LogP contribution in [0.4, 0.5) is 0 Å². The van der Waals surface area contributed by atoms with Crippen LogP contribution >= 0.6 is 0 Å². The Balaban J connectivity index is 2.19. The fourth-order valence-electron chi connectivity index (χ4n) is 1.80. The highest BCUT2D eigenvalue weighted by Gasteiger charge is 2.29. The number of ether oxygens (including phenoxy) is 3. The third-order valence-electron chi connectivity index (χ3n) is 2.87. The topological polar surface area (TPSA) is 82.1 Å². The number of methoxy groups -OCH3 is 2. The van der Waals surface area contributed by atoms with Gasteiger partial charge in [-0.25, -0.2) is 4.79 Å². The van der Waals surface area contributed by atoms with Crippen LogP contribution in [0.2, 0.25) is 0 Å². The predicted octanol–water partition coefficient (Wildman–Crippen LogP) is 1.44. The minimum absolute atomic E-state index is 0.0332. The van der Waals surface area contributed by atoms with Crippen LogP contribution in [0, 0.1) is 0 Å². The maximum absolute atomic E-state index is 11.4. The van der Waals surface area contributed by atoms with Crippen molar-refractivity contribution in [1.82, 2.24) is 0 Å². The fraction of sp³-hybridized carbons (Fsp3) is 0.200. The van der Waals surface area contributed by atoms with E-state index in [4.69, 9.17) is 14.2 Å². The van der Waals surface area contributed by atoms with Crippen LogP contribution in [0.25, 0.3) is 6.08 Å². The van der Waals surface area contributed by atoms with Crippen molar-refractivity contribution in [3.8, 4) is 11.5 Å². The van der Waals surface area contributed by atoms with Gasteiger partial charge >= 0.3 is 11.8 Å². The van der Waals surface area contributed by atoms with Crippen LogP contribution in [0.1, 0.15) is 5.56 Å². The first-order valence-electron chi connectivity index (χ1n) is 6.11. The molecule has 0 aliphatic carbocycles. The first-order valence-corrected chi connectivity index (χ1v) is 6.11. The molecule has 0 amide bonds. The second kappa shape index (κ2) is 6.13. The molecule has 6 heteroatoms. The SMILES string of the molecule is COC1=CC(C=Cc2ccc(O)c(OC)c2)OC(=O)C1=O. The third kappa shape index (κ3) is 3.22. The number of hydrogen-bond acceptors (Lipinski definition) is 6. The van der Waals surface area contributed by atoms with E-state index in [-0.39, 0.29) is 11.5 Å². The molecule has 1 aromatic carbocycles. The summed E-state index contributed by atoms with van der Waals surface area (Å²) in [5.41, 5.74) is 0.741. The number of carbonyl (C=O) groups is 2. The van der Waals surface area contributed by atoms with Gasteiger partial charge in [-0.2, -0.15) is 0 Å². The number of esters is 1. The van der Waals surface area contributed by atoms with Crippen LogP contribution in [-0.2, 0) is 19.1 Å². The fourth-order valence-corrected chi connectivity index (χ4v) is 1.80. The number of aromatic hydroxyl groups is 1. The van der Waals surface area contributed by atoms with E-state index in [9.17, 15) is 14.7 Å². The molecule has 0 fully saturated rings. The Kier molecular flexibility index (Phi) is 4.27. The normalized spacial score (nSPS) is 18.4. The lowest BCUT2D eigenvalue weighted by atomic mass is 10.1. The monoisotopic (exact) mass is 290 g/mol. The zero-order valence-corrected chi connectivity index (χ0v) is 11.5. The standard InChI is InChI=1S/C15H14O6/c1-19-12-7-9(4-6-11(12)16)3-5-10-8-13(20-2)14(17)15(18)21-10/h3-8,10,16H,1-2H3. The van der Waals surface area contributed by atoms with Gasteiger partial charge in [0.1, 0.15) is 6.10 Å². The molecule has 1 heterocycles. The van der Waals surface area contributed by atoms with Crippen LogP contribution in [-0.4, -0.2) is 37.2 Å². The number of cyclic esters (lactones) is 1. The molecule has 0 saturated carbocycles. The lowest BCUT2D eigenvalue weighted by Crippen LogP contribution is -2.30. The van der Waals surface area contributed by atoms with E-state index in [0.717, 1.165) is 5.56 Å². The predicted molar refractivity (Wildman–Crippen MR) is 73.7 cm³/mol. The first-order chi connectivity index (χ1) is 10.0. The van der Waals surface area contributed by atoms with Crippen molar-refractivity contribution >= 4 is 17.8 Å². The van der Waals surface area contributed by atoms with Crippen molar-refractivity contribution in [2.75, 3.05) is 14.2 Å². The summed E-state index contributed by atoms with van der Waals surface area (Å²) in [5.74, 6) is -1.42. The van der Waals surface area contributed by atoms with E-state index >= 15 is 0 Å². The van der Waals surface area contributed by atoms with Crippen molar-refractivity contribution < 1.29 is 28.9 Å². The Hall–Kier alpha value is -2.76. The van der Waals surface area contributed by atoms with Gasteiger partial charge in [0.25, 0.3) is 0 Å². The largest absolute Gasteiger partial charge is 0.504 e. The lowest BCUT2D eigenvalue weighted by Gasteiger charge is -2.16. The smallest absolute Gasteiger partial charge is 0.383 e. The molecular formula is C15H14O6. The number of Topliss-reactive ketones (excluding diaryl/α,β-unsaturated/α-hetero) is 1. The summed E-state index contributed by atoms with van der Waals surface area (Å²) in [6.07, 6.45) is 4.00. The highest BCUT2D eigenvalue weighted by molar-refractivity contribution is 6.40. The lowest BCUT2D eigenvalue weighted by molar-refractivity contribution is -0.156. The number of phenolic OH excluding ortho intramolecular Hbond substituents is 1. The van der Waals surface area contributed by atoms with Gasteiger partial charge < -0.3 is 19.3 Å². The van der Waals surface area contributed by atoms with Gasteiger partial charge in [-0.3, -0.25) is 4.79 Å². The highest BCUT2D eigenvalue weighted by atomic mass is 16.6. The maximum atomic E-state index is 11.4. The summed E-state index contributed by atoms with van der Waals surface area (Å²) < 4.78 is 14.7. The summed E-state index contributed by atoms with van der Waals surface area (Å²) in [5, 5.41) is 9.50. The Morgan fingerprint density at radius 1 is 1.24 bits per heavy atom. The Morgan fingerprint density at radius 2 is 2.00 bits per heavy atom. The molecule has 1 aliphatic heterocycles. The Morgan fingerprint density at radius 3 is 2.67 bits per heavy atom. The van der Waals surface area contributed by atoms with E-state index in [1.165, 1.54) is 26.4 Å². The number of hydrogen-bond donors (Lipinski definition) is 1. The molecule has 0 bridgehead atoms. The number of ketones is 1. The summed E-state index contributed by atoms with van der Waals surface area (Å²) in [6, 6.07) is 4.79. The van der Waals surface area contributed by atoms with Crippen molar-refractivity contribution in [3.63, 3.8) is 0 Å². The molecule has 110 valence electrons. The van der Waals surface area contributed by atoms with E-state index in [2.05, 4.69) is 0 Å². The molecule has 1 atom stereocenters. The minimum atomic E-state index is -0.952. The number of rotatable bonds is 4. The van der Waals surface area contributed by atoms with E-state index in [1.54, 1.807) is 24.3 Å². The van der Waals surface area contributed by atoms with Crippen LogP contribution in [0.5, 0.6) is 11.5 Å². The van der Waals surface area contributed by atoms with Crippen LogP contribution in [0.3, 0.4) is 0 Å². The van der Waals surface area contributed by atoms with Gasteiger partial charge in [-0.05, 0) is 23.8 Å². The van der Waals surface area contributed by atoms with Gasteiger partial charge in [0, 0.05) is 6.08 Å². The van der Waals surface area contributed by atoms with E-state index < -0.39 is 17.9 Å². The van der Waals surface area contributed by atoms with Gasteiger partial charge in [-0.15, -0.1) is 0 Å². The molecule has 0 spiro atoms. The second-order valence-electron chi connectivity index (χ2n) is 4.22. The van der Waals surface area contributed by atoms with Gasteiger partial charge in [-0.1, -0.05) is 12.1 Å². The molecule has 1 aliphatic rings. The van der Waals surface area contributed by atoms with Crippen molar-refractivity contribution in [1.29, 1.82) is 0 Å². The van der Waals surface area contributed by atoms with Crippen LogP contribution < -0.4 is 4.74 Å². The van der Waals surface area contributed by atoms with Gasteiger partial charge in [0.05, 0.1) is 14.2 Å². The molecule has 1 N–H and O–H groups in total. The van der Waals surface area contributed by atoms with Gasteiger partial charge in [0.15, 0.2) is 17.3 Å². The zero-order valence-electron chi connectivity index (χ0n) is 11.5. The summed E-state index contributed by atoms with van der Waals surface area (Å²) in [6.45, 7) is 0.